The first-order valence-corrected chi connectivity index (χ1v) is 6.06. The molecule has 1 unspecified atom stereocenters. The first kappa shape index (κ1) is 11.0. The van der Waals surface area contributed by atoms with E-state index in [4.69, 9.17) is 5.26 Å². The molecule has 1 aliphatic rings. The molecular weight excluding hydrogens is 196 g/mol. The van der Waals surface area contributed by atoms with Gasteiger partial charge < -0.3 is 5.32 Å². The van der Waals surface area contributed by atoms with Gasteiger partial charge in [-0.1, -0.05) is 19.1 Å². The van der Waals surface area contributed by atoms with Crippen molar-refractivity contribution in [3.05, 3.63) is 29.8 Å². The van der Waals surface area contributed by atoms with E-state index in [0.29, 0.717) is 12.5 Å². The van der Waals surface area contributed by atoms with Gasteiger partial charge in [0.15, 0.2) is 0 Å². The SMILES string of the molecule is CCC(Nc1ccc(CC#N)cc1)C1CC1. The number of anilines is 1. The largest absolute Gasteiger partial charge is 0.382 e. The van der Waals surface area contributed by atoms with Gasteiger partial charge in [-0.25, -0.2) is 0 Å². The Balaban J connectivity index is 1.96. The van der Waals surface area contributed by atoms with Crippen LogP contribution in [0.3, 0.4) is 0 Å². The van der Waals surface area contributed by atoms with Crippen molar-refractivity contribution in [2.75, 3.05) is 5.32 Å². The van der Waals surface area contributed by atoms with Crippen molar-refractivity contribution in [1.29, 1.82) is 5.26 Å². The Morgan fingerprint density at radius 3 is 2.56 bits per heavy atom. The van der Waals surface area contributed by atoms with Gasteiger partial charge in [-0.05, 0) is 42.9 Å². The summed E-state index contributed by atoms with van der Waals surface area (Å²) in [6.07, 6.45) is 4.43. The molecule has 2 heteroatoms. The Morgan fingerprint density at radius 1 is 1.38 bits per heavy atom. The summed E-state index contributed by atoms with van der Waals surface area (Å²) < 4.78 is 0. The average Bonchev–Trinajstić information content (AvgIpc) is 3.12. The maximum absolute atomic E-state index is 8.59. The molecule has 2 rings (SSSR count). The molecule has 0 radical (unpaired) electrons. The third-order valence-electron chi connectivity index (χ3n) is 3.22. The molecule has 1 N–H and O–H groups in total. The third-order valence-corrected chi connectivity index (χ3v) is 3.22. The molecule has 0 heterocycles. The Bertz CT molecular complexity index is 371. The lowest BCUT2D eigenvalue weighted by Gasteiger charge is -2.17. The summed E-state index contributed by atoms with van der Waals surface area (Å²) in [5, 5.41) is 12.2. The van der Waals surface area contributed by atoms with Crippen LogP contribution >= 0.6 is 0 Å². The van der Waals surface area contributed by atoms with Crippen molar-refractivity contribution >= 4 is 5.69 Å². The number of nitrogens with zero attached hydrogens (tertiary/aromatic N) is 1. The monoisotopic (exact) mass is 214 g/mol. The normalized spacial score (nSPS) is 16.5. The van der Waals surface area contributed by atoms with Crippen LogP contribution in [0.15, 0.2) is 24.3 Å². The molecule has 0 aromatic heterocycles. The number of nitrogens with one attached hydrogen (secondary N) is 1. The Hall–Kier alpha value is -1.49. The third kappa shape index (κ3) is 2.76. The summed E-state index contributed by atoms with van der Waals surface area (Å²) >= 11 is 0. The van der Waals surface area contributed by atoms with Gasteiger partial charge in [0.2, 0.25) is 0 Å². The summed E-state index contributed by atoms with van der Waals surface area (Å²) in [7, 11) is 0. The van der Waals surface area contributed by atoms with E-state index in [9.17, 15) is 0 Å². The van der Waals surface area contributed by atoms with Gasteiger partial charge in [0, 0.05) is 11.7 Å². The molecule has 84 valence electrons. The quantitative estimate of drug-likeness (QED) is 0.815. The summed E-state index contributed by atoms with van der Waals surface area (Å²) in [5.41, 5.74) is 2.27. The van der Waals surface area contributed by atoms with E-state index in [1.54, 1.807) is 0 Å². The predicted octanol–water partition coefficient (Wildman–Crippen LogP) is 3.35. The molecule has 1 atom stereocenters. The average molecular weight is 214 g/mol. The fourth-order valence-electron chi connectivity index (χ4n) is 2.08. The second-order valence-electron chi connectivity index (χ2n) is 4.53. The molecule has 16 heavy (non-hydrogen) atoms. The maximum Gasteiger partial charge on any atom is 0.0669 e. The van der Waals surface area contributed by atoms with E-state index in [2.05, 4.69) is 30.4 Å². The van der Waals surface area contributed by atoms with Crippen molar-refractivity contribution in [3.63, 3.8) is 0 Å². The zero-order valence-corrected chi connectivity index (χ0v) is 9.74. The molecule has 1 aliphatic carbocycles. The zero-order chi connectivity index (χ0) is 11.4. The topological polar surface area (TPSA) is 35.8 Å². The van der Waals surface area contributed by atoms with Crippen molar-refractivity contribution < 1.29 is 0 Å². The van der Waals surface area contributed by atoms with Gasteiger partial charge in [-0.2, -0.15) is 5.26 Å². The molecule has 0 amide bonds. The molecule has 2 nitrogen and oxygen atoms in total. The molecule has 1 fully saturated rings. The van der Waals surface area contributed by atoms with Crippen LogP contribution in [-0.4, -0.2) is 6.04 Å². The Kier molecular flexibility index (Phi) is 3.46. The van der Waals surface area contributed by atoms with E-state index in [1.165, 1.54) is 24.9 Å². The second-order valence-corrected chi connectivity index (χ2v) is 4.53. The lowest BCUT2D eigenvalue weighted by Crippen LogP contribution is -2.20. The number of nitriles is 1. The lowest BCUT2D eigenvalue weighted by atomic mass is 10.1. The predicted molar refractivity (Wildman–Crippen MR) is 66.2 cm³/mol. The highest BCUT2D eigenvalue weighted by Crippen LogP contribution is 2.35. The highest BCUT2D eigenvalue weighted by Gasteiger charge is 2.29. The van der Waals surface area contributed by atoms with E-state index in [0.717, 1.165) is 11.5 Å². The molecule has 1 saturated carbocycles. The highest BCUT2D eigenvalue weighted by atomic mass is 14.9. The number of benzene rings is 1. The van der Waals surface area contributed by atoms with Crippen molar-refractivity contribution in [3.8, 4) is 6.07 Å². The van der Waals surface area contributed by atoms with Gasteiger partial charge in [0.05, 0.1) is 12.5 Å². The smallest absolute Gasteiger partial charge is 0.0669 e. The van der Waals surface area contributed by atoms with Crippen LogP contribution in [0, 0.1) is 17.2 Å². The molecular formula is C14H18N2. The summed E-state index contributed by atoms with van der Waals surface area (Å²) in [6.45, 7) is 2.24. The van der Waals surface area contributed by atoms with Crippen LogP contribution in [0.4, 0.5) is 5.69 Å². The van der Waals surface area contributed by atoms with Crippen LogP contribution in [0.25, 0.3) is 0 Å². The van der Waals surface area contributed by atoms with Crippen molar-refractivity contribution in [1.82, 2.24) is 0 Å². The molecule has 1 aromatic rings. The van der Waals surface area contributed by atoms with Gasteiger partial charge in [-0.15, -0.1) is 0 Å². The van der Waals surface area contributed by atoms with Crippen LogP contribution in [0.1, 0.15) is 31.7 Å². The van der Waals surface area contributed by atoms with Crippen LogP contribution in [0.2, 0.25) is 0 Å². The van der Waals surface area contributed by atoms with Crippen LogP contribution in [0.5, 0.6) is 0 Å². The minimum Gasteiger partial charge on any atom is -0.382 e. The summed E-state index contributed by atoms with van der Waals surface area (Å²) in [4.78, 5) is 0. The van der Waals surface area contributed by atoms with Crippen molar-refractivity contribution in [2.24, 2.45) is 5.92 Å². The standard InChI is InChI=1S/C14H18N2/c1-2-14(12-5-6-12)16-13-7-3-11(4-8-13)9-10-15/h3-4,7-8,12,14,16H,2,5-6,9H2,1H3. The second kappa shape index (κ2) is 5.03. The fraction of sp³-hybridized carbons (Fsp3) is 0.500. The Labute approximate surface area is 97.3 Å². The van der Waals surface area contributed by atoms with E-state index < -0.39 is 0 Å². The number of rotatable bonds is 5. The minimum absolute atomic E-state index is 0.500. The minimum atomic E-state index is 0.500. The number of hydrogen-bond donors (Lipinski definition) is 1. The van der Waals surface area contributed by atoms with Crippen LogP contribution in [-0.2, 0) is 6.42 Å². The Morgan fingerprint density at radius 2 is 2.06 bits per heavy atom. The highest BCUT2D eigenvalue weighted by molar-refractivity contribution is 5.46. The molecule has 0 saturated heterocycles. The van der Waals surface area contributed by atoms with Crippen molar-refractivity contribution in [2.45, 2.75) is 38.6 Å². The van der Waals surface area contributed by atoms with Crippen LogP contribution < -0.4 is 5.32 Å². The molecule has 1 aromatic carbocycles. The van der Waals surface area contributed by atoms with E-state index in [1.807, 2.05) is 12.1 Å². The summed E-state index contributed by atoms with van der Waals surface area (Å²) in [5.74, 6) is 0.879. The molecule has 0 spiro atoms. The number of hydrogen-bond acceptors (Lipinski definition) is 2. The van der Waals surface area contributed by atoms with Gasteiger partial charge >= 0.3 is 0 Å². The van der Waals surface area contributed by atoms with E-state index in [-0.39, 0.29) is 0 Å². The zero-order valence-electron chi connectivity index (χ0n) is 9.74. The fourth-order valence-corrected chi connectivity index (χ4v) is 2.08. The van der Waals surface area contributed by atoms with Gasteiger partial charge in [-0.3, -0.25) is 0 Å². The lowest BCUT2D eigenvalue weighted by molar-refractivity contribution is 0.616. The van der Waals surface area contributed by atoms with Gasteiger partial charge in [0.1, 0.15) is 0 Å². The molecule has 0 aliphatic heterocycles. The van der Waals surface area contributed by atoms with E-state index >= 15 is 0 Å². The summed E-state index contributed by atoms with van der Waals surface area (Å²) in [6, 6.07) is 11.0. The van der Waals surface area contributed by atoms with Gasteiger partial charge in [0.25, 0.3) is 0 Å². The molecule has 0 bridgehead atoms. The first-order valence-electron chi connectivity index (χ1n) is 6.06. The first-order chi connectivity index (χ1) is 7.83. The maximum atomic E-state index is 8.59.